The Bertz CT molecular complexity index is 612. The average Bonchev–Trinajstić information content (AvgIpc) is 3.17. The predicted octanol–water partition coefficient (Wildman–Crippen LogP) is 3.94. The molecule has 3 aliphatic rings. The Morgan fingerprint density at radius 1 is 1.09 bits per heavy atom. The molecule has 0 amide bonds. The summed E-state index contributed by atoms with van der Waals surface area (Å²) in [7, 11) is 0. The number of ether oxygens (including phenoxy) is 1. The van der Waals surface area contributed by atoms with Gasteiger partial charge < -0.3 is 4.74 Å². The molecule has 4 rings (SSSR count). The van der Waals surface area contributed by atoms with Crippen molar-refractivity contribution in [3.63, 3.8) is 0 Å². The van der Waals surface area contributed by atoms with Gasteiger partial charge in [-0.2, -0.15) is 0 Å². The molecule has 1 aromatic rings. The first-order chi connectivity index (χ1) is 11.2. The van der Waals surface area contributed by atoms with Crippen molar-refractivity contribution in [1.29, 1.82) is 0 Å². The first-order valence-corrected chi connectivity index (χ1v) is 8.98. The Labute approximate surface area is 137 Å². The van der Waals surface area contributed by atoms with Gasteiger partial charge in [-0.05, 0) is 55.1 Å². The van der Waals surface area contributed by atoms with E-state index in [-0.39, 0.29) is 18.2 Å². The highest BCUT2D eigenvalue weighted by molar-refractivity contribution is 5.98. The molecule has 0 spiro atoms. The first kappa shape index (κ1) is 14.9. The maximum absolute atomic E-state index is 12.2. The molecule has 0 bridgehead atoms. The van der Waals surface area contributed by atoms with Crippen LogP contribution < -0.4 is 0 Å². The summed E-state index contributed by atoms with van der Waals surface area (Å²) in [5, 5.41) is 0. The number of carbonyl (C=O) groups is 2. The molecule has 3 nitrogen and oxygen atoms in total. The van der Waals surface area contributed by atoms with E-state index in [2.05, 4.69) is 24.3 Å². The highest BCUT2D eigenvalue weighted by atomic mass is 16.6. The monoisotopic (exact) mass is 312 g/mol. The third-order valence-corrected chi connectivity index (χ3v) is 6.10. The molecule has 2 atom stereocenters. The lowest BCUT2D eigenvalue weighted by Crippen LogP contribution is -2.48. The zero-order valence-corrected chi connectivity index (χ0v) is 13.6. The molecular weight excluding hydrogens is 288 g/mol. The molecule has 2 fully saturated rings. The zero-order chi connectivity index (χ0) is 15.9. The summed E-state index contributed by atoms with van der Waals surface area (Å²) in [6.45, 7) is 0. The molecule has 1 aromatic carbocycles. The van der Waals surface area contributed by atoms with Crippen molar-refractivity contribution in [1.82, 2.24) is 0 Å². The van der Waals surface area contributed by atoms with Crippen LogP contribution in [0.2, 0.25) is 0 Å². The van der Waals surface area contributed by atoms with E-state index >= 15 is 0 Å². The minimum absolute atomic E-state index is 0.0320. The Balaban J connectivity index is 1.64. The molecule has 1 aliphatic heterocycles. The Morgan fingerprint density at radius 2 is 1.87 bits per heavy atom. The maximum Gasteiger partial charge on any atom is 0.313 e. The van der Waals surface area contributed by atoms with Crippen molar-refractivity contribution >= 4 is 11.8 Å². The van der Waals surface area contributed by atoms with E-state index in [1.807, 2.05) is 0 Å². The van der Waals surface area contributed by atoms with E-state index in [0.717, 1.165) is 32.1 Å². The summed E-state index contributed by atoms with van der Waals surface area (Å²) in [6.07, 6.45) is 8.01. The second-order valence-corrected chi connectivity index (χ2v) is 7.55. The van der Waals surface area contributed by atoms with Crippen molar-refractivity contribution in [2.24, 2.45) is 5.92 Å². The summed E-state index contributed by atoms with van der Waals surface area (Å²) in [4.78, 5) is 24.2. The van der Waals surface area contributed by atoms with E-state index in [9.17, 15) is 9.59 Å². The van der Waals surface area contributed by atoms with E-state index in [1.54, 1.807) is 0 Å². The van der Waals surface area contributed by atoms with Crippen molar-refractivity contribution in [3.8, 4) is 0 Å². The number of carbonyl (C=O) groups excluding carboxylic acids is 2. The van der Waals surface area contributed by atoms with Crippen LogP contribution in [0, 0.1) is 5.92 Å². The van der Waals surface area contributed by atoms with Crippen molar-refractivity contribution in [2.45, 2.75) is 69.3 Å². The molecule has 1 saturated carbocycles. The van der Waals surface area contributed by atoms with E-state index in [0.29, 0.717) is 18.3 Å². The molecule has 1 saturated heterocycles. The number of ketones is 1. The summed E-state index contributed by atoms with van der Waals surface area (Å²) in [5.74, 6) is 0.549. The van der Waals surface area contributed by atoms with Gasteiger partial charge in [-0.3, -0.25) is 9.59 Å². The van der Waals surface area contributed by atoms with Crippen LogP contribution in [0.15, 0.2) is 24.3 Å². The third-order valence-electron chi connectivity index (χ3n) is 6.10. The number of aryl methyl sites for hydroxylation is 1. The van der Waals surface area contributed by atoms with Gasteiger partial charge in [-0.1, -0.05) is 37.1 Å². The fraction of sp³-hybridized carbons (Fsp3) is 0.600. The van der Waals surface area contributed by atoms with Gasteiger partial charge in [0.15, 0.2) is 0 Å². The first-order valence-electron chi connectivity index (χ1n) is 8.98. The van der Waals surface area contributed by atoms with Crippen LogP contribution in [-0.4, -0.2) is 17.4 Å². The normalized spacial score (nSPS) is 31.2. The molecule has 122 valence electrons. The minimum atomic E-state index is -0.537. The largest absolute Gasteiger partial charge is 0.458 e. The fourth-order valence-corrected chi connectivity index (χ4v) is 5.09. The number of cyclic esters (lactones) is 1. The lowest BCUT2D eigenvalue weighted by molar-refractivity contribution is -0.179. The Hall–Kier alpha value is -1.64. The van der Waals surface area contributed by atoms with Crippen molar-refractivity contribution in [2.75, 3.05) is 0 Å². The van der Waals surface area contributed by atoms with Gasteiger partial charge in [-0.15, -0.1) is 0 Å². The standard InChI is InChI=1S/C20H24O3/c21-17-11-19(22)23-20(13-17,16-6-2-3-7-16)12-15-10-9-14-5-1-4-8-18(14)15/h1,4-5,8,15-16H,2-3,6-7,9-13H2. The number of rotatable bonds is 3. The maximum atomic E-state index is 12.2. The molecule has 23 heavy (non-hydrogen) atoms. The van der Waals surface area contributed by atoms with Gasteiger partial charge in [0.05, 0.1) is 0 Å². The number of esters is 1. The van der Waals surface area contributed by atoms with Crippen LogP contribution >= 0.6 is 0 Å². The van der Waals surface area contributed by atoms with E-state index in [1.165, 1.54) is 24.0 Å². The summed E-state index contributed by atoms with van der Waals surface area (Å²) < 4.78 is 5.95. The minimum Gasteiger partial charge on any atom is -0.458 e. The number of benzene rings is 1. The van der Waals surface area contributed by atoms with Crippen LogP contribution in [0.5, 0.6) is 0 Å². The van der Waals surface area contributed by atoms with Gasteiger partial charge in [0.25, 0.3) is 0 Å². The van der Waals surface area contributed by atoms with E-state index in [4.69, 9.17) is 4.74 Å². The third kappa shape index (κ3) is 2.71. The van der Waals surface area contributed by atoms with Crippen molar-refractivity contribution < 1.29 is 14.3 Å². The summed E-state index contributed by atoms with van der Waals surface area (Å²) in [5.41, 5.74) is 2.29. The average molecular weight is 312 g/mol. The molecule has 3 heteroatoms. The topological polar surface area (TPSA) is 43.4 Å². The highest BCUT2D eigenvalue weighted by Crippen LogP contribution is 2.48. The second-order valence-electron chi connectivity index (χ2n) is 7.55. The van der Waals surface area contributed by atoms with Crippen LogP contribution in [-0.2, 0) is 20.7 Å². The molecular formula is C20H24O3. The Kier molecular flexibility index (Phi) is 3.74. The predicted molar refractivity (Wildman–Crippen MR) is 87.1 cm³/mol. The lowest BCUT2D eigenvalue weighted by Gasteiger charge is -2.42. The fourth-order valence-electron chi connectivity index (χ4n) is 5.09. The number of Topliss-reactive ketones (excluding diaryl/α,β-unsaturated/α-hetero) is 1. The van der Waals surface area contributed by atoms with Crippen LogP contribution in [0.4, 0.5) is 0 Å². The van der Waals surface area contributed by atoms with Crippen molar-refractivity contribution in [3.05, 3.63) is 35.4 Å². The van der Waals surface area contributed by atoms with Gasteiger partial charge >= 0.3 is 5.97 Å². The Morgan fingerprint density at radius 3 is 2.65 bits per heavy atom. The van der Waals surface area contributed by atoms with Gasteiger partial charge in [0, 0.05) is 6.42 Å². The number of hydrogen-bond acceptors (Lipinski definition) is 3. The number of fused-ring (bicyclic) bond motifs is 1. The zero-order valence-electron chi connectivity index (χ0n) is 13.6. The molecule has 0 aromatic heterocycles. The van der Waals surface area contributed by atoms with Gasteiger partial charge in [0.1, 0.15) is 17.8 Å². The molecule has 2 aliphatic carbocycles. The van der Waals surface area contributed by atoms with Crippen LogP contribution in [0.25, 0.3) is 0 Å². The van der Waals surface area contributed by atoms with Crippen LogP contribution in [0.3, 0.4) is 0 Å². The number of hydrogen-bond donors (Lipinski definition) is 0. The molecule has 0 N–H and O–H groups in total. The second kappa shape index (κ2) is 5.77. The SMILES string of the molecule is O=C1CC(=O)OC(CC2CCc3ccccc32)(C2CCCC2)C1. The summed E-state index contributed by atoms with van der Waals surface area (Å²) >= 11 is 0. The molecule has 2 unspecified atom stereocenters. The van der Waals surface area contributed by atoms with Crippen LogP contribution in [0.1, 0.15) is 68.4 Å². The van der Waals surface area contributed by atoms with E-state index < -0.39 is 5.60 Å². The lowest BCUT2D eigenvalue weighted by atomic mass is 9.73. The molecule has 0 radical (unpaired) electrons. The summed E-state index contributed by atoms with van der Waals surface area (Å²) in [6, 6.07) is 8.60. The smallest absolute Gasteiger partial charge is 0.313 e. The molecule has 1 heterocycles. The van der Waals surface area contributed by atoms with Gasteiger partial charge in [0.2, 0.25) is 0 Å². The van der Waals surface area contributed by atoms with Gasteiger partial charge in [-0.25, -0.2) is 0 Å². The quantitative estimate of drug-likeness (QED) is 0.627. The highest BCUT2D eigenvalue weighted by Gasteiger charge is 2.49.